The molecule has 2 rings (SSSR count). The Hall–Kier alpha value is -1.46. The summed E-state index contributed by atoms with van der Waals surface area (Å²) in [4.78, 5) is 13.8. The molecule has 0 aliphatic rings. The maximum atomic E-state index is 12.0. The molecule has 1 amide bonds. The second-order valence-corrected chi connectivity index (χ2v) is 6.91. The smallest absolute Gasteiger partial charge is 0.262 e. The van der Waals surface area contributed by atoms with Gasteiger partial charge in [0.25, 0.3) is 5.91 Å². The second-order valence-electron chi connectivity index (χ2n) is 5.15. The van der Waals surface area contributed by atoms with Gasteiger partial charge in [0, 0.05) is 4.90 Å². The van der Waals surface area contributed by atoms with Crippen LogP contribution in [0.2, 0.25) is 0 Å². The number of hydrogen-bond acceptors (Lipinski definition) is 4. The summed E-state index contributed by atoms with van der Waals surface area (Å²) >= 11 is 3.06. The molecule has 1 aromatic carbocycles. The largest absolute Gasteiger partial charge is 0.492 e. The minimum Gasteiger partial charge on any atom is -0.492 e. The van der Waals surface area contributed by atoms with Crippen LogP contribution in [0, 0.1) is 0 Å². The number of benzene rings is 1. The fourth-order valence-corrected chi connectivity index (χ4v) is 3.65. The van der Waals surface area contributed by atoms with Gasteiger partial charge in [-0.15, -0.1) is 23.1 Å². The minimum atomic E-state index is -0.0295. The topological polar surface area (TPSA) is 38.3 Å². The highest BCUT2D eigenvalue weighted by molar-refractivity contribution is 7.98. The number of nitrogens with one attached hydrogen (secondary N) is 1. The summed E-state index contributed by atoms with van der Waals surface area (Å²) < 4.78 is 5.65. The van der Waals surface area contributed by atoms with Crippen molar-refractivity contribution in [1.82, 2.24) is 5.32 Å². The summed E-state index contributed by atoms with van der Waals surface area (Å²) in [7, 11) is 0. The molecule has 0 fully saturated rings. The van der Waals surface area contributed by atoms with E-state index in [4.69, 9.17) is 4.74 Å². The number of thiophene rings is 1. The molecule has 0 saturated carbocycles. The standard InChI is InChI=1S/C17H21NO2S2/c1-12(2)13-4-6-14(7-5-13)20-10-9-18-17(19)16-15(21-3)8-11-22-16/h4-8,11-12H,9-10H2,1-3H3,(H,18,19). The average molecular weight is 335 g/mol. The molecule has 0 bridgehead atoms. The molecule has 0 atom stereocenters. The second kappa shape index (κ2) is 8.25. The predicted octanol–water partition coefficient (Wildman–Crippen LogP) is 4.40. The highest BCUT2D eigenvalue weighted by Crippen LogP contribution is 2.25. The summed E-state index contributed by atoms with van der Waals surface area (Å²) in [5.41, 5.74) is 1.29. The summed E-state index contributed by atoms with van der Waals surface area (Å²) in [6, 6.07) is 10.1. The van der Waals surface area contributed by atoms with E-state index in [1.165, 1.54) is 16.9 Å². The van der Waals surface area contributed by atoms with E-state index in [2.05, 4.69) is 31.3 Å². The third-order valence-corrected chi connectivity index (χ3v) is 5.08. The molecule has 0 saturated heterocycles. The third-order valence-electron chi connectivity index (χ3n) is 3.26. The van der Waals surface area contributed by atoms with E-state index in [0.29, 0.717) is 19.1 Å². The van der Waals surface area contributed by atoms with Crippen LogP contribution in [-0.4, -0.2) is 25.3 Å². The lowest BCUT2D eigenvalue weighted by Crippen LogP contribution is -2.27. The van der Waals surface area contributed by atoms with Crippen molar-refractivity contribution in [1.29, 1.82) is 0 Å². The van der Waals surface area contributed by atoms with Crippen molar-refractivity contribution in [2.24, 2.45) is 0 Å². The van der Waals surface area contributed by atoms with Crippen molar-refractivity contribution in [3.05, 3.63) is 46.2 Å². The average Bonchev–Trinajstić information content (AvgIpc) is 3.00. The summed E-state index contributed by atoms with van der Waals surface area (Å²) in [6.45, 7) is 5.29. The molecule has 22 heavy (non-hydrogen) atoms. The van der Waals surface area contributed by atoms with Crippen LogP contribution in [0.4, 0.5) is 0 Å². The zero-order chi connectivity index (χ0) is 15.9. The first-order valence-corrected chi connectivity index (χ1v) is 9.34. The van der Waals surface area contributed by atoms with Gasteiger partial charge in [0.2, 0.25) is 0 Å². The van der Waals surface area contributed by atoms with Gasteiger partial charge >= 0.3 is 0 Å². The van der Waals surface area contributed by atoms with E-state index < -0.39 is 0 Å². The molecule has 2 aromatic rings. The van der Waals surface area contributed by atoms with E-state index in [-0.39, 0.29) is 5.91 Å². The van der Waals surface area contributed by atoms with E-state index >= 15 is 0 Å². The molecule has 0 unspecified atom stereocenters. The van der Waals surface area contributed by atoms with Crippen molar-refractivity contribution in [3.63, 3.8) is 0 Å². The van der Waals surface area contributed by atoms with Gasteiger partial charge in [-0.05, 0) is 41.3 Å². The Morgan fingerprint density at radius 2 is 2.00 bits per heavy atom. The van der Waals surface area contributed by atoms with Gasteiger partial charge in [0.05, 0.1) is 6.54 Å². The van der Waals surface area contributed by atoms with Crippen LogP contribution >= 0.6 is 23.1 Å². The number of hydrogen-bond donors (Lipinski definition) is 1. The highest BCUT2D eigenvalue weighted by atomic mass is 32.2. The Morgan fingerprint density at radius 1 is 1.27 bits per heavy atom. The molecule has 0 spiro atoms. The Morgan fingerprint density at radius 3 is 2.64 bits per heavy atom. The van der Waals surface area contributed by atoms with E-state index in [0.717, 1.165) is 15.5 Å². The molecule has 5 heteroatoms. The first kappa shape index (κ1) is 16.9. The molecular formula is C17H21NO2S2. The lowest BCUT2D eigenvalue weighted by atomic mass is 10.0. The molecule has 118 valence electrons. The van der Waals surface area contributed by atoms with Crippen molar-refractivity contribution < 1.29 is 9.53 Å². The Bertz CT molecular complexity index is 605. The van der Waals surface area contributed by atoms with Crippen molar-refractivity contribution >= 4 is 29.0 Å². The molecule has 0 radical (unpaired) electrons. The monoisotopic (exact) mass is 335 g/mol. The lowest BCUT2D eigenvalue weighted by molar-refractivity contribution is 0.0948. The van der Waals surface area contributed by atoms with Gasteiger partial charge in [-0.25, -0.2) is 0 Å². The first-order chi connectivity index (χ1) is 10.6. The van der Waals surface area contributed by atoms with Gasteiger partial charge in [-0.2, -0.15) is 0 Å². The number of amides is 1. The van der Waals surface area contributed by atoms with E-state index in [1.807, 2.05) is 29.8 Å². The van der Waals surface area contributed by atoms with Crippen LogP contribution in [0.15, 0.2) is 40.6 Å². The van der Waals surface area contributed by atoms with E-state index in [1.54, 1.807) is 11.8 Å². The van der Waals surface area contributed by atoms with Crippen LogP contribution in [0.3, 0.4) is 0 Å². The van der Waals surface area contributed by atoms with Crippen molar-refractivity contribution in [3.8, 4) is 5.75 Å². The van der Waals surface area contributed by atoms with Crippen molar-refractivity contribution in [2.75, 3.05) is 19.4 Å². The fraction of sp³-hybridized carbons (Fsp3) is 0.353. The highest BCUT2D eigenvalue weighted by Gasteiger charge is 2.11. The quantitative estimate of drug-likeness (QED) is 0.602. The summed E-state index contributed by atoms with van der Waals surface area (Å²) in [6.07, 6.45) is 1.97. The van der Waals surface area contributed by atoms with Gasteiger partial charge in [0.1, 0.15) is 17.2 Å². The van der Waals surface area contributed by atoms with Crippen LogP contribution in [0.1, 0.15) is 35.0 Å². The molecule has 1 N–H and O–H groups in total. The van der Waals surface area contributed by atoms with Gasteiger partial charge in [-0.3, -0.25) is 4.79 Å². The molecule has 1 aromatic heterocycles. The van der Waals surface area contributed by atoms with Gasteiger partial charge < -0.3 is 10.1 Å². The lowest BCUT2D eigenvalue weighted by Gasteiger charge is -2.09. The molecule has 1 heterocycles. The summed E-state index contributed by atoms with van der Waals surface area (Å²) in [5.74, 6) is 1.32. The fourth-order valence-electron chi connectivity index (χ4n) is 1.99. The zero-order valence-electron chi connectivity index (χ0n) is 13.1. The summed E-state index contributed by atoms with van der Waals surface area (Å²) in [5, 5.41) is 4.83. The maximum Gasteiger partial charge on any atom is 0.262 e. The van der Waals surface area contributed by atoms with Crippen LogP contribution in [0.5, 0.6) is 5.75 Å². The molecule has 3 nitrogen and oxygen atoms in total. The van der Waals surface area contributed by atoms with Crippen LogP contribution < -0.4 is 10.1 Å². The number of thioether (sulfide) groups is 1. The first-order valence-electron chi connectivity index (χ1n) is 7.24. The van der Waals surface area contributed by atoms with Gasteiger partial charge in [0.15, 0.2) is 0 Å². The molecule has 0 aliphatic carbocycles. The number of rotatable bonds is 7. The number of carbonyl (C=O) groups excluding carboxylic acids is 1. The van der Waals surface area contributed by atoms with E-state index in [9.17, 15) is 4.79 Å². The Labute approximate surface area is 140 Å². The normalized spacial score (nSPS) is 10.7. The molecular weight excluding hydrogens is 314 g/mol. The van der Waals surface area contributed by atoms with Gasteiger partial charge in [-0.1, -0.05) is 26.0 Å². The zero-order valence-corrected chi connectivity index (χ0v) is 14.7. The van der Waals surface area contributed by atoms with Crippen LogP contribution in [-0.2, 0) is 0 Å². The molecule has 0 aliphatic heterocycles. The minimum absolute atomic E-state index is 0.0295. The Kier molecular flexibility index (Phi) is 6.34. The van der Waals surface area contributed by atoms with Crippen molar-refractivity contribution in [2.45, 2.75) is 24.7 Å². The third kappa shape index (κ3) is 4.52. The SMILES string of the molecule is CSc1ccsc1C(=O)NCCOc1ccc(C(C)C)cc1. The predicted molar refractivity (Wildman–Crippen MR) is 94.5 cm³/mol. The maximum absolute atomic E-state index is 12.0. The number of carbonyl (C=O) groups is 1. The Balaban J connectivity index is 1.76. The van der Waals surface area contributed by atoms with Crippen LogP contribution in [0.25, 0.3) is 0 Å². The number of ether oxygens (including phenoxy) is 1.